The van der Waals surface area contributed by atoms with Crippen LogP contribution in [-0.2, 0) is 21.4 Å². The summed E-state index contributed by atoms with van der Waals surface area (Å²) in [5.74, 6) is 0.361. The van der Waals surface area contributed by atoms with Gasteiger partial charge in [0.2, 0.25) is 5.91 Å². The lowest BCUT2D eigenvalue weighted by atomic mass is 9.75. The van der Waals surface area contributed by atoms with Crippen molar-refractivity contribution < 1.29 is 9.53 Å². The van der Waals surface area contributed by atoms with E-state index in [0.29, 0.717) is 26.3 Å². The van der Waals surface area contributed by atoms with E-state index in [0.717, 1.165) is 22.9 Å². The molecule has 5 rings (SSSR count). The summed E-state index contributed by atoms with van der Waals surface area (Å²) >= 11 is 0. The van der Waals surface area contributed by atoms with Gasteiger partial charge in [0.25, 0.3) is 0 Å². The maximum Gasteiger partial charge on any atom is 0.237 e. The number of rotatable bonds is 5. The fourth-order valence-electron chi connectivity index (χ4n) is 5.06. The molecule has 1 aromatic heterocycles. The van der Waals surface area contributed by atoms with Crippen molar-refractivity contribution in [2.75, 3.05) is 26.3 Å². The first-order valence-electron chi connectivity index (χ1n) is 12.0. The molecule has 4 heteroatoms. The summed E-state index contributed by atoms with van der Waals surface area (Å²) in [7, 11) is 0. The van der Waals surface area contributed by atoms with Crippen molar-refractivity contribution in [2.45, 2.75) is 18.8 Å². The molecule has 0 N–H and O–H groups in total. The Morgan fingerprint density at radius 3 is 2.38 bits per heavy atom. The zero-order valence-electron chi connectivity index (χ0n) is 19.6. The number of hydrogen-bond acceptors (Lipinski definition) is 3. The Balaban J connectivity index is 1.42. The number of aromatic nitrogens is 1. The number of fused-ring (bicyclic) bond motifs is 1. The Hall–Kier alpha value is -3.50. The van der Waals surface area contributed by atoms with Crippen LogP contribution in [0.4, 0.5) is 0 Å². The molecule has 0 aliphatic carbocycles. The van der Waals surface area contributed by atoms with Crippen LogP contribution in [0.1, 0.15) is 23.6 Å². The lowest BCUT2D eigenvalue weighted by molar-refractivity contribution is -0.135. The van der Waals surface area contributed by atoms with E-state index in [2.05, 4.69) is 54.4 Å². The highest BCUT2D eigenvalue weighted by Crippen LogP contribution is 2.34. The fraction of sp³-hybridized carbons (Fsp3) is 0.267. The van der Waals surface area contributed by atoms with Crippen molar-refractivity contribution in [3.63, 3.8) is 0 Å². The van der Waals surface area contributed by atoms with Crippen molar-refractivity contribution in [1.29, 1.82) is 0 Å². The molecular weight excluding hydrogens is 420 g/mol. The highest BCUT2D eigenvalue weighted by molar-refractivity contribution is 5.91. The monoisotopic (exact) mass is 450 g/mol. The summed E-state index contributed by atoms with van der Waals surface area (Å²) in [6.07, 6.45) is 4.59. The summed E-state index contributed by atoms with van der Waals surface area (Å²) < 4.78 is 5.97. The molecule has 34 heavy (non-hydrogen) atoms. The molecule has 172 valence electrons. The van der Waals surface area contributed by atoms with Crippen LogP contribution < -0.4 is 0 Å². The summed E-state index contributed by atoms with van der Waals surface area (Å²) in [4.78, 5) is 20.5. The molecule has 0 saturated carbocycles. The Kier molecular flexibility index (Phi) is 6.41. The zero-order valence-corrected chi connectivity index (χ0v) is 19.6. The SMILES string of the molecule is CC(C(=O)N1CCOC[C@@H](Cc2ccc3ccncc3c2)C1)(c1ccccc1)c1ccccc1. The summed E-state index contributed by atoms with van der Waals surface area (Å²) in [5, 5.41) is 2.33. The van der Waals surface area contributed by atoms with Crippen LogP contribution in [0.5, 0.6) is 0 Å². The quantitative estimate of drug-likeness (QED) is 0.417. The Labute approximate surface area is 201 Å². The number of carbonyl (C=O) groups is 1. The third-order valence-corrected chi connectivity index (χ3v) is 6.98. The van der Waals surface area contributed by atoms with E-state index in [1.165, 1.54) is 10.9 Å². The summed E-state index contributed by atoms with van der Waals surface area (Å²) in [6, 6.07) is 28.8. The van der Waals surface area contributed by atoms with Gasteiger partial charge < -0.3 is 9.64 Å². The molecule has 1 fully saturated rings. The van der Waals surface area contributed by atoms with Gasteiger partial charge >= 0.3 is 0 Å². The van der Waals surface area contributed by atoms with Gasteiger partial charge in [0.1, 0.15) is 0 Å². The van der Waals surface area contributed by atoms with Gasteiger partial charge in [0.15, 0.2) is 0 Å². The molecule has 4 nitrogen and oxygen atoms in total. The third kappa shape index (κ3) is 4.46. The number of benzene rings is 3. The summed E-state index contributed by atoms with van der Waals surface area (Å²) in [6.45, 7) is 4.55. The van der Waals surface area contributed by atoms with E-state index in [-0.39, 0.29) is 11.8 Å². The van der Waals surface area contributed by atoms with Crippen molar-refractivity contribution in [1.82, 2.24) is 9.88 Å². The van der Waals surface area contributed by atoms with Gasteiger partial charge in [-0.05, 0) is 47.6 Å². The lowest BCUT2D eigenvalue weighted by Crippen LogP contribution is -2.48. The fourth-order valence-corrected chi connectivity index (χ4v) is 5.06. The van der Waals surface area contributed by atoms with Gasteiger partial charge in [0.05, 0.1) is 18.6 Å². The van der Waals surface area contributed by atoms with Crippen molar-refractivity contribution >= 4 is 16.7 Å². The van der Waals surface area contributed by atoms with Crippen LogP contribution in [-0.4, -0.2) is 42.1 Å². The Bertz CT molecular complexity index is 1220. The topological polar surface area (TPSA) is 42.4 Å². The van der Waals surface area contributed by atoms with Gasteiger partial charge in [-0.2, -0.15) is 0 Å². The zero-order chi connectivity index (χ0) is 23.4. The maximum absolute atomic E-state index is 14.2. The number of nitrogens with zero attached hydrogens (tertiary/aromatic N) is 2. The van der Waals surface area contributed by atoms with E-state index < -0.39 is 5.41 Å². The van der Waals surface area contributed by atoms with E-state index in [1.54, 1.807) is 0 Å². The molecule has 3 aromatic carbocycles. The molecule has 1 aliphatic heterocycles. The Morgan fingerprint density at radius 1 is 0.971 bits per heavy atom. The molecule has 1 aliphatic rings. The standard InChI is InChI=1S/C30H30N2O2/c1-30(27-8-4-2-5-9-27,28-10-6-3-7-11-28)29(33)32-16-17-34-22-24(21-32)18-23-12-13-25-14-15-31-20-26(25)19-23/h2-15,19-20,24H,16-18,21-22H2,1H3/t24-/m0/s1. The molecular formula is C30H30N2O2. The molecule has 1 amide bonds. The minimum atomic E-state index is -0.758. The first-order valence-corrected chi connectivity index (χ1v) is 12.0. The van der Waals surface area contributed by atoms with Crippen LogP contribution in [0.25, 0.3) is 10.8 Å². The maximum atomic E-state index is 14.2. The van der Waals surface area contributed by atoms with Crippen LogP contribution in [0.15, 0.2) is 97.3 Å². The largest absolute Gasteiger partial charge is 0.379 e. The summed E-state index contributed by atoms with van der Waals surface area (Å²) in [5.41, 5.74) is 2.51. The van der Waals surface area contributed by atoms with Gasteiger partial charge in [-0.25, -0.2) is 0 Å². The van der Waals surface area contributed by atoms with Gasteiger partial charge in [-0.3, -0.25) is 9.78 Å². The first kappa shape index (κ1) is 22.3. The second-order valence-electron chi connectivity index (χ2n) is 9.31. The molecule has 2 heterocycles. The average molecular weight is 451 g/mol. The second-order valence-corrected chi connectivity index (χ2v) is 9.31. The van der Waals surface area contributed by atoms with E-state index in [9.17, 15) is 4.79 Å². The number of pyridine rings is 1. The number of ether oxygens (including phenoxy) is 1. The van der Waals surface area contributed by atoms with Gasteiger partial charge in [-0.15, -0.1) is 0 Å². The number of hydrogen-bond donors (Lipinski definition) is 0. The van der Waals surface area contributed by atoms with Crippen molar-refractivity contribution in [3.05, 3.63) is 114 Å². The van der Waals surface area contributed by atoms with Gasteiger partial charge in [-0.1, -0.05) is 72.8 Å². The minimum Gasteiger partial charge on any atom is -0.379 e. The van der Waals surface area contributed by atoms with Crippen LogP contribution in [0, 0.1) is 5.92 Å². The van der Waals surface area contributed by atoms with Crippen LogP contribution in [0.3, 0.4) is 0 Å². The highest BCUT2D eigenvalue weighted by Gasteiger charge is 2.40. The molecule has 0 bridgehead atoms. The Morgan fingerprint density at radius 2 is 1.68 bits per heavy atom. The first-order chi connectivity index (χ1) is 16.6. The third-order valence-electron chi connectivity index (χ3n) is 6.98. The van der Waals surface area contributed by atoms with E-state index >= 15 is 0 Å². The minimum absolute atomic E-state index is 0.128. The van der Waals surface area contributed by atoms with E-state index in [1.807, 2.05) is 59.8 Å². The predicted molar refractivity (Wildman–Crippen MR) is 136 cm³/mol. The average Bonchev–Trinajstić information content (AvgIpc) is 3.14. The van der Waals surface area contributed by atoms with Crippen molar-refractivity contribution in [2.24, 2.45) is 5.92 Å². The molecule has 0 unspecified atom stereocenters. The van der Waals surface area contributed by atoms with Gasteiger partial charge in [0, 0.05) is 36.8 Å². The highest BCUT2D eigenvalue weighted by atomic mass is 16.5. The van der Waals surface area contributed by atoms with Crippen molar-refractivity contribution in [3.8, 4) is 0 Å². The number of carbonyl (C=O) groups excluding carboxylic acids is 1. The predicted octanol–water partition coefficient (Wildman–Crippen LogP) is 5.26. The molecule has 0 spiro atoms. The number of amides is 1. The van der Waals surface area contributed by atoms with Crippen LogP contribution >= 0.6 is 0 Å². The smallest absolute Gasteiger partial charge is 0.237 e. The molecule has 0 radical (unpaired) electrons. The molecule has 1 atom stereocenters. The molecule has 1 saturated heterocycles. The molecule has 4 aromatic rings. The van der Waals surface area contributed by atoms with Crippen LogP contribution in [0.2, 0.25) is 0 Å². The van der Waals surface area contributed by atoms with E-state index in [4.69, 9.17) is 4.74 Å². The second kappa shape index (κ2) is 9.78. The lowest BCUT2D eigenvalue weighted by Gasteiger charge is -2.36. The normalized spacial score (nSPS) is 16.9.